The van der Waals surface area contributed by atoms with Gasteiger partial charge in [0.05, 0.1) is 0 Å². The molecular formula is C14H28OSi. The summed E-state index contributed by atoms with van der Waals surface area (Å²) in [6, 6.07) is 2.86. The first-order chi connectivity index (χ1) is 7.73. The highest BCUT2D eigenvalue weighted by Crippen LogP contribution is 2.36. The molecule has 0 bridgehead atoms. The topological polar surface area (TPSA) is 9.23 Å². The average Bonchev–Trinajstić information content (AvgIpc) is 2.30. The van der Waals surface area contributed by atoms with Crippen molar-refractivity contribution >= 4 is 8.32 Å². The lowest BCUT2D eigenvalue weighted by Gasteiger charge is -2.40. The Kier molecular flexibility index (Phi) is 4.48. The van der Waals surface area contributed by atoms with Crippen LogP contribution < -0.4 is 0 Å². The Bertz CT molecular complexity index is 211. The van der Waals surface area contributed by atoms with Crippen molar-refractivity contribution in [2.75, 3.05) is 0 Å². The summed E-state index contributed by atoms with van der Waals surface area (Å²) < 4.78 is 6.66. The molecule has 2 heteroatoms. The van der Waals surface area contributed by atoms with E-state index in [-0.39, 0.29) is 0 Å². The molecule has 1 aliphatic heterocycles. The molecule has 1 saturated carbocycles. The Balaban J connectivity index is 1.90. The third-order valence-electron chi connectivity index (χ3n) is 4.71. The maximum atomic E-state index is 6.66. The molecule has 16 heavy (non-hydrogen) atoms. The summed E-state index contributed by atoms with van der Waals surface area (Å²) in [4.78, 5) is 0. The van der Waals surface area contributed by atoms with E-state index in [1.165, 1.54) is 63.5 Å². The summed E-state index contributed by atoms with van der Waals surface area (Å²) in [6.45, 7) is 4.84. The minimum absolute atomic E-state index is 0.633. The molecule has 0 spiro atoms. The Morgan fingerprint density at radius 1 is 1.00 bits per heavy atom. The third-order valence-corrected chi connectivity index (χ3v) is 8.41. The quantitative estimate of drug-likeness (QED) is 0.648. The minimum Gasteiger partial charge on any atom is -0.414 e. The van der Waals surface area contributed by atoms with Crippen LogP contribution in [0.2, 0.25) is 18.6 Å². The Hall–Kier alpha value is 0.177. The Morgan fingerprint density at radius 3 is 2.38 bits per heavy atom. The lowest BCUT2D eigenvalue weighted by molar-refractivity contribution is 0.0793. The van der Waals surface area contributed by atoms with E-state index >= 15 is 0 Å². The van der Waals surface area contributed by atoms with Crippen molar-refractivity contribution in [1.82, 2.24) is 0 Å². The molecule has 0 aromatic heterocycles. The molecule has 0 N–H and O–H groups in total. The van der Waals surface area contributed by atoms with Crippen molar-refractivity contribution in [2.24, 2.45) is 5.92 Å². The lowest BCUT2D eigenvalue weighted by Crippen LogP contribution is -2.43. The normalized spacial score (nSPS) is 34.9. The first kappa shape index (κ1) is 12.6. The highest BCUT2D eigenvalue weighted by atomic mass is 28.4. The van der Waals surface area contributed by atoms with Crippen LogP contribution in [0.15, 0.2) is 0 Å². The van der Waals surface area contributed by atoms with E-state index in [9.17, 15) is 0 Å². The maximum Gasteiger partial charge on any atom is 0.190 e. The number of hydrogen-bond donors (Lipinski definition) is 0. The van der Waals surface area contributed by atoms with Crippen LogP contribution in [0.25, 0.3) is 0 Å². The van der Waals surface area contributed by atoms with Crippen LogP contribution in [0.5, 0.6) is 0 Å². The van der Waals surface area contributed by atoms with Crippen LogP contribution in [0.4, 0.5) is 0 Å². The molecular weight excluding hydrogens is 212 g/mol. The zero-order valence-electron chi connectivity index (χ0n) is 11.1. The Labute approximate surface area is 102 Å². The zero-order chi connectivity index (χ0) is 11.4. The van der Waals surface area contributed by atoms with Crippen LogP contribution in [0, 0.1) is 5.92 Å². The van der Waals surface area contributed by atoms with Gasteiger partial charge in [-0.25, -0.2) is 0 Å². The van der Waals surface area contributed by atoms with Gasteiger partial charge >= 0.3 is 0 Å². The van der Waals surface area contributed by atoms with Gasteiger partial charge in [0.2, 0.25) is 0 Å². The summed E-state index contributed by atoms with van der Waals surface area (Å²) in [5.74, 6) is 0.875. The van der Waals surface area contributed by atoms with Crippen LogP contribution in [0.3, 0.4) is 0 Å². The molecule has 2 aliphatic rings. The van der Waals surface area contributed by atoms with Gasteiger partial charge in [0.15, 0.2) is 8.32 Å². The van der Waals surface area contributed by atoms with Gasteiger partial charge in [-0.15, -0.1) is 0 Å². The second-order valence-electron chi connectivity index (χ2n) is 6.12. The fraction of sp³-hybridized carbons (Fsp3) is 1.00. The van der Waals surface area contributed by atoms with Gasteiger partial charge in [-0.3, -0.25) is 0 Å². The highest BCUT2D eigenvalue weighted by Gasteiger charge is 2.36. The molecule has 1 saturated heterocycles. The summed E-state index contributed by atoms with van der Waals surface area (Å²) >= 11 is 0. The molecule has 1 nitrogen and oxygen atoms in total. The molecule has 2 atom stereocenters. The van der Waals surface area contributed by atoms with Gasteiger partial charge in [0.1, 0.15) is 0 Å². The van der Waals surface area contributed by atoms with Crippen LogP contribution >= 0.6 is 0 Å². The van der Waals surface area contributed by atoms with Crippen molar-refractivity contribution in [1.29, 1.82) is 0 Å². The SMILES string of the molecule is CCC1CCCCC1O[Si]1(C)CCCCC1. The molecule has 0 aromatic rings. The summed E-state index contributed by atoms with van der Waals surface area (Å²) in [6.07, 6.45) is 11.9. The van der Waals surface area contributed by atoms with Gasteiger partial charge in [0, 0.05) is 6.10 Å². The maximum absolute atomic E-state index is 6.66. The summed E-state index contributed by atoms with van der Waals surface area (Å²) in [7, 11) is -1.28. The van der Waals surface area contributed by atoms with Gasteiger partial charge in [0.25, 0.3) is 0 Å². The average molecular weight is 240 g/mol. The molecule has 0 amide bonds. The van der Waals surface area contributed by atoms with E-state index in [1.807, 2.05) is 0 Å². The minimum atomic E-state index is -1.28. The molecule has 2 unspecified atom stereocenters. The smallest absolute Gasteiger partial charge is 0.190 e. The van der Waals surface area contributed by atoms with Crippen molar-refractivity contribution in [3.8, 4) is 0 Å². The monoisotopic (exact) mass is 240 g/mol. The first-order valence-corrected chi connectivity index (χ1v) is 10.2. The van der Waals surface area contributed by atoms with Crippen molar-refractivity contribution in [3.05, 3.63) is 0 Å². The van der Waals surface area contributed by atoms with Crippen LogP contribution in [-0.4, -0.2) is 14.4 Å². The van der Waals surface area contributed by atoms with Crippen molar-refractivity contribution in [3.63, 3.8) is 0 Å². The van der Waals surface area contributed by atoms with Gasteiger partial charge < -0.3 is 4.43 Å². The molecule has 2 fully saturated rings. The van der Waals surface area contributed by atoms with E-state index in [1.54, 1.807) is 0 Å². The van der Waals surface area contributed by atoms with Gasteiger partial charge in [-0.05, 0) is 37.4 Å². The largest absolute Gasteiger partial charge is 0.414 e. The van der Waals surface area contributed by atoms with E-state index in [4.69, 9.17) is 4.43 Å². The second kappa shape index (κ2) is 5.68. The fourth-order valence-corrected chi connectivity index (χ4v) is 7.10. The van der Waals surface area contributed by atoms with E-state index in [0.29, 0.717) is 6.10 Å². The zero-order valence-corrected chi connectivity index (χ0v) is 12.1. The van der Waals surface area contributed by atoms with E-state index in [0.717, 1.165) is 5.92 Å². The molecule has 0 aromatic carbocycles. The fourth-order valence-electron chi connectivity index (χ4n) is 3.58. The molecule has 1 heterocycles. The van der Waals surface area contributed by atoms with Gasteiger partial charge in [-0.1, -0.05) is 45.4 Å². The number of rotatable bonds is 3. The summed E-state index contributed by atoms with van der Waals surface area (Å²) in [5, 5.41) is 0. The number of hydrogen-bond acceptors (Lipinski definition) is 1. The van der Waals surface area contributed by atoms with Crippen molar-refractivity contribution in [2.45, 2.75) is 83.0 Å². The highest BCUT2D eigenvalue weighted by molar-refractivity contribution is 6.72. The molecule has 94 valence electrons. The Morgan fingerprint density at radius 2 is 1.69 bits per heavy atom. The lowest BCUT2D eigenvalue weighted by atomic mass is 9.85. The molecule has 1 aliphatic carbocycles. The predicted molar refractivity (Wildman–Crippen MR) is 72.2 cm³/mol. The van der Waals surface area contributed by atoms with Crippen molar-refractivity contribution < 1.29 is 4.43 Å². The van der Waals surface area contributed by atoms with Crippen LogP contribution in [0.1, 0.15) is 58.3 Å². The third kappa shape index (κ3) is 3.10. The van der Waals surface area contributed by atoms with E-state index < -0.39 is 8.32 Å². The van der Waals surface area contributed by atoms with Crippen LogP contribution in [-0.2, 0) is 4.43 Å². The predicted octanol–water partition coefficient (Wildman–Crippen LogP) is 4.73. The summed E-state index contributed by atoms with van der Waals surface area (Å²) in [5.41, 5.74) is 0. The second-order valence-corrected chi connectivity index (χ2v) is 10.3. The first-order valence-electron chi connectivity index (χ1n) is 7.41. The molecule has 0 radical (unpaired) electrons. The van der Waals surface area contributed by atoms with Gasteiger partial charge in [-0.2, -0.15) is 0 Å². The molecule has 2 rings (SSSR count). The van der Waals surface area contributed by atoms with E-state index in [2.05, 4.69) is 13.5 Å². The standard InChI is InChI=1S/C14H28OSi/c1-3-13-9-5-6-10-14(13)15-16(2)11-7-4-8-12-16/h13-14H,3-12H2,1-2H3.